The van der Waals surface area contributed by atoms with E-state index in [0.717, 1.165) is 50.6 Å². The van der Waals surface area contributed by atoms with Gasteiger partial charge in [-0.1, -0.05) is 17.7 Å². The summed E-state index contributed by atoms with van der Waals surface area (Å²) < 4.78 is 4.15. The number of anilines is 1. The van der Waals surface area contributed by atoms with E-state index in [0.29, 0.717) is 0 Å². The Morgan fingerprint density at radius 2 is 1.64 bits per heavy atom. The minimum atomic E-state index is -0.200. The monoisotopic (exact) mass is 438 g/mol. The van der Waals surface area contributed by atoms with E-state index >= 15 is 0 Å². The zero-order chi connectivity index (χ0) is 23.3. The van der Waals surface area contributed by atoms with Gasteiger partial charge in [0.05, 0.1) is 16.7 Å². The standard InChI is InChI=1S/C25H26N8/c1-15-6-8-21(33-16(2)29-14-30-33)19(10-15)23-31-20-11-17(18-12-27-24(26)28-13-18)7-9-22(20)32(23)25(3,4)5/h6-14H,1-5H3,(H2,26,27,28). The molecule has 0 fully saturated rings. The molecule has 0 amide bonds. The van der Waals surface area contributed by atoms with Crippen LogP contribution in [0.5, 0.6) is 0 Å². The second-order valence-corrected chi connectivity index (χ2v) is 9.21. The van der Waals surface area contributed by atoms with Gasteiger partial charge in [0.2, 0.25) is 5.95 Å². The smallest absolute Gasteiger partial charge is 0.219 e. The lowest BCUT2D eigenvalue weighted by molar-refractivity contribution is 0.413. The molecular formula is C25H26N8. The van der Waals surface area contributed by atoms with E-state index in [1.807, 2.05) is 11.6 Å². The molecule has 0 atom stereocenters. The fraction of sp³-hybridized carbons (Fsp3) is 0.240. The number of aryl methyl sites for hydroxylation is 2. The summed E-state index contributed by atoms with van der Waals surface area (Å²) in [4.78, 5) is 17.7. The molecule has 0 aliphatic heterocycles. The number of hydrogen-bond donors (Lipinski definition) is 1. The van der Waals surface area contributed by atoms with Gasteiger partial charge >= 0.3 is 0 Å². The Morgan fingerprint density at radius 1 is 0.879 bits per heavy atom. The lowest BCUT2D eigenvalue weighted by atomic mass is 10.0. The predicted octanol–water partition coefficient (Wildman–Crippen LogP) is 4.70. The molecule has 0 unspecified atom stereocenters. The largest absolute Gasteiger partial charge is 0.368 e. The van der Waals surface area contributed by atoms with Crippen LogP contribution in [0.2, 0.25) is 0 Å². The van der Waals surface area contributed by atoms with E-state index in [1.165, 1.54) is 0 Å². The summed E-state index contributed by atoms with van der Waals surface area (Å²) in [5.41, 5.74) is 12.4. The third kappa shape index (κ3) is 3.63. The Hall–Kier alpha value is -4.07. The number of nitrogens with zero attached hydrogens (tertiary/aromatic N) is 7. The first-order valence-corrected chi connectivity index (χ1v) is 10.8. The average Bonchev–Trinajstić information content (AvgIpc) is 3.37. The van der Waals surface area contributed by atoms with Gasteiger partial charge < -0.3 is 10.3 Å². The van der Waals surface area contributed by atoms with Gasteiger partial charge in [0, 0.05) is 29.1 Å². The molecule has 0 radical (unpaired) electrons. The summed E-state index contributed by atoms with van der Waals surface area (Å²) in [5, 5.41) is 4.45. The highest BCUT2D eigenvalue weighted by atomic mass is 15.3. The van der Waals surface area contributed by atoms with Crippen LogP contribution in [0, 0.1) is 13.8 Å². The second kappa shape index (κ2) is 7.51. The fourth-order valence-electron chi connectivity index (χ4n) is 4.16. The molecule has 166 valence electrons. The van der Waals surface area contributed by atoms with Crippen molar-refractivity contribution in [2.24, 2.45) is 0 Å². The molecule has 0 spiro atoms. The van der Waals surface area contributed by atoms with Gasteiger partial charge in [0.15, 0.2) is 0 Å². The first-order valence-electron chi connectivity index (χ1n) is 10.8. The van der Waals surface area contributed by atoms with Gasteiger partial charge in [0.1, 0.15) is 18.0 Å². The van der Waals surface area contributed by atoms with Crippen LogP contribution < -0.4 is 5.73 Å². The summed E-state index contributed by atoms with van der Waals surface area (Å²) in [6.45, 7) is 10.6. The molecule has 2 aromatic carbocycles. The highest BCUT2D eigenvalue weighted by molar-refractivity contribution is 5.87. The van der Waals surface area contributed by atoms with Crippen molar-refractivity contribution in [3.8, 4) is 28.2 Å². The number of aromatic nitrogens is 7. The molecule has 0 saturated heterocycles. The zero-order valence-corrected chi connectivity index (χ0v) is 19.4. The van der Waals surface area contributed by atoms with Crippen LogP contribution in [0.25, 0.3) is 39.2 Å². The van der Waals surface area contributed by atoms with Crippen molar-refractivity contribution < 1.29 is 0 Å². The Labute approximate surface area is 192 Å². The molecule has 8 heteroatoms. The molecule has 0 saturated carbocycles. The van der Waals surface area contributed by atoms with Gasteiger partial charge in [-0.3, -0.25) is 0 Å². The van der Waals surface area contributed by atoms with E-state index in [9.17, 15) is 0 Å². The summed E-state index contributed by atoms with van der Waals surface area (Å²) in [6, 6.07) is 12.6. The molecule has 2 N–H and O–H groups in total. The lowest BCUT2D eigenvalue weighted by Gasteiger charge is -2.25. The summed E-state index contributed by atoms with van der Waals surface area (Å²) in [6.07, 6.45) is 5.04. The van der Waals surface area contributed by atoms with Crippen molar-refractivity contribution >= 4 is 17.0 Å². The van der Waals surface area contributed by atoms with Gasteiger partial charge in [-0.2, -0.15) is 5.10 Å². The maximum atomic E-state index is 5.66. The third-order valence-corrected chi connectivity index (χ3v) is 5.67. The van der Waals surface area contributed by atoms with E-state index in [-0.39, 0.29) is 11.5 Å². The van der Waals surface area contributed by atoms with E-state index in [2.05, 4.69) is 88.7 Å². The van der Waals surface area contributed by atoms with Crippen molar-refractivity contribution in [2.75, 3.05) is 5.73 Å². The number of benzene rings is 2. The first-order chi connectivity index (χ1) is 15.7. The first kappa shape index (κ1) is 20.8. The Kier molecular flexibility index (Phi) is 4.74. The van der Waals surface area contributed by atoms with E-state index in [1.54, 1.807) is 18.7 Å². The average molecular weight is 439 g/mol. The minimum absolute atomic E-state index is 0.200. The lowest BCUT2D eigenvalue weighted by Crippen LogP contribution is -2.23. The topological polar surface area (TPSA) is 100 Å². The van der Waals surface area contributed by atoms with Crippen molar-refractivity contribution in [1.82, 2.24) is 34.3 Å². The van der Waals surface area contributed by atoms with Crippen LogP contribution in [-0.2, 0) is 5.54 Å². The molecule has 5 aromatic rings. The van der Waals surface area contributed by atoms with E-state index < -0.39 is 0 Å². The van der Waals surface area contributed by atoms with Crippen LogP contribution >= 0.6 is 0 Å². The molecule has 5 rings (SSSR count). The molecule has 8 nitrogen and oxygen atoms in total. The van der Waals surface area contributed by atoms with Crippen LogP contribution in [0.15, 0.2) is 55.1 Å². The Balaban J connectivity index is 1.78. The SMILES string of the molecule is Cc1ccc(-n2ncnc2C)c(-c2nc3cc(-c4cnc(N)nc4)ccc3n2C(C)(C)C)c1. The van der Waals surface area contributed by atoms with Crippen molar-refractivity contribution in [1.29, 1.82) is 0 Å². The molecule has 0 aliphatic carbocycles. The van der Waals surface area contributed by atoms with Crippen LogP contribution in [0.1, 0.15) is 32.2 Å². The maximum Gasteiger partial charge on any atom is 0.219 e. The Bertz CT molecular complexity index is 1470. The number of fused-ring (bicyclic) bond motifs is 1. The second-order valence-electron chi connectivity index (χ2n) is 9.21. The number of nitrogen functional groups attached to an aromatic ring is 1. The van der Waals surface area contributed by atoms with Gasteiger partial charge in [0.25, 0.3) is 0 Å². The number of rotatable bonds is 3. The fourth-order valence-corrected chi connectivity index (χ4v) is 4.16. The number of hydrogen-bond acceptors (Lipinski definition) is 6. The normalized spacial score (nSPS) is 11.9. The predicted molar refractivity (Wildman–Crippen MR) is 130 cm³/mol. The van der Waals surface area contributed by atoms with Gasteiger partial charge in [-0.15, -0.1) is 0 Å². The van der Waals surface area contributed by atoms with Crippen LogP contribution in [0.4, 0.5) is 5.95 Å². The van der Waals surface area contributed by atoms with Gasteiger partial charge in [-0.05, 0) is 64.4 Å². The van der Waals surface area contributed by atoms with Crippen molar-refractivity contribution in [3.05, 3.63) is 66.5 Å². The Morgan fingerprint density at radius 3 is 2.30 bits per heavy atom. The molecule has 3 heterocycles. The van der Waals surface area contributed by atoms with Gasteiger partial charge in [-0.25, -0.2) is 24.6 Å². The molecule has 33 heavy (non-hydrogen) atoms. The number of imidazole rings is 1. The van der Waals surface area contributed by atoms with Crippen LogP contribution in [0.3, 0.4) is 0 Å². The van der Waals surface area contributed by atoms with E-state index in [4.69, 9.17) is 10.7 Å². The number of nitrogens with two attached hydrogens (primary N) is 1. The summed E-state index contributed by atoms with van der Waals surface area (Å²) in [7, 11) is 0. The third-order valence-electron chi connectivity index (χ3n) is 5.67. The molecule has 0 aliphatic rings. The maximum absolute atomic E-state index is 5.66. The van der Waals surface area contributed by atoms with Crippen molar-refractivity contribution in [2.45, 2.75) is 40.2 Å². The van der Waals surface area contributed by atoms with Crippen LogP contribution in [-0.4, -0.2) is 34.3 Å². The zero-order valence-electron chi connectivity index (χ0n) is 19.4. The van der Waals surface area contributed by atoms with Crippen molar-refractivity contribution in [3.63, 3.8) is 0 Å². The quantitative estimate of drug-likeness (QED) is 0.438. The summed E-state index contributed by atoms with van der Waals surface area (Å²) in [5.74, 6) is 1.97. The molecule has 3 aromatic heterocycles. The molecule has 0 bridgehead atoms. The minimum Gasteiger partial charge on any atom is -0.368 e. The highest BCUT2D eigenvalue weighted by Crippen LogP contribution is 2.36. The highest BCUT2D eigenvalue weighted by Gasteiger charge is 2.25. The molecular weight excluding hydrogens is 412 g/mol. The summed E-state index contributed by atoms with van der Waals surface area (Å²) >= 11 is 0.